The largest absolute Gasteiger partial charge is 0.527 e. The molecule has 0 aliphatic heterocycles. The Morgan fingerprint density at radius 3 is 1.31 bits per heavy atom. The average molecular weight is 220 g/mol. The smallest absolute Gasteiger partial charge is 0.219 e. The van der Waals surface area contributed by atoms with Crippen LogP contribution in [-0.2, 0) is 9.68 Å². The molecule has 0 fully saturated rings. The Morgan fingerprint density at radius 1 is 0.692 bits per heavy atom. The lowest BCUT2D eigenvalue weighted by molar-refractivity contribution is -0.530. The molecule has 10 heteroatoms. The predicted octanol–water partition coefficient (Wildman–Crippen LogP) is 2.61. The Kier molecular flexibility index (Phi) is 3.09. The van der Waals surface area contributed by atoms with Crippen LogP contribution in [0.2, 0.25) is 0 Å². The highest BCUT2D eigenvalue weighted by atomic mass is 19.4. The van der Waals surface area contributed by atoms with Crippen molar-refractivity contribution in [3.8, 4) is 0 Å². The highest BCUT2D eigenvalue weighted by Crippen LogP contribution is 2.40. The topological polar surface area (TPSA) is 18.5 Å². The Hall–Kier alpha value is -0.640. The van der Waals surface area contributed by atoms with Gasteiger partial charge in [0, 0.05) is 0 Å². The third kappa shape index (κ3) is 3.30. The van der Waals surface area contributed by atoms with E-state index >= 15 is 0 Å². The maximum Gasteiger partial charge on any atom is 0.527 e. The number of hydrogen-bond donors (Lipinski definition) is 0. The molecule has 80 valence electrons. The molecule has 0 aliphatic rings. The zero-order valence-corrected chi connectivity index (χ0v) is 5.34. The highest BCUT2D eigenvalue weighted by Gasteiger charge is 2.66. The zero-order valence-electron chi connectivity index (χ0n) is 5.34. The third-order valence-corrected chi connectivity index (χ3v) is 0.680. The Morgan fingerprint density at radius 2 is 1.08 bits per heavy atom. The number of ether oxygens (including phenoxy) is 1. The van der Waals surface area contributed by atoms with Gasteiger partial charge in [-0.2, -0.15) is 17.6 Å². The van der Waals surface area contributed by atoms with Crippen LogP contribution in [0.15, 0.2) is 0 Å². The van der Waals surface area contributed by atoms with E-state index in [9.17, 15) is 35.3 Å². The second-order valence-corrected chi connectivity index (χ2v) is 1.66. The van der Waals surface area contributed by atoms with Crippen molar-refractivity contribution in [1.29, 1.82) is 0 Å². The van der Waals surface area contributed by atoms with Gasteiger partial charge >= 0.3 is 18.6 Å². The molecule has 2 nitrogen and oxygen atoms in total. The molecule has 0 amide bonds. The van der Waals surface area contributed by atoms with Crippen molar-refractivity contribution in [2.75, 3.05) is 0 Å². The van der Waals surface area contributed by atoms with E-state index in [0.29, 0.717) is 0 Å². The molecule has 0 heterocycles. The molecule has 0 bridgehead atoms. The second kappa shape index (κ2) is 3.25. The first kappa shape index (κ1) is 12.4. The number of hydrogen-bond acceptors (Lipinski definition) is 2. The van der Waals surface area contributed by atoms with Gasteiger partial charge in [-0.25, -0.2) is 4.74 Å². The first-order chi connectivity index (χ1) is 5.52. The van der Waals surface area contributed by atoms with Gasteiger partial charge in [0.25, 0.3) is 0 Å². The van der Waals surface area contributed by atoms with Gasteiger partial charge in [-0.1, -0.05) is 0 Å². The lowest BCUT2D eigenvalue weighted by Gasteiger charge is -2.22. The Bertz CT molecular complexity index is 173. The van der Waals surface area contributed by atoms with Gasteiger partial charge in [0.2, 0.25) is 0 Å². The lowest BCUT2D eigenvalue weighted by Crippen LogP contribution is -2.46. The summed E-state index contributed by atoms with van der Waals surface area (Å²) in [5, 5.41) is 0. The number of rotatable bonds is 3. The third-order valence-electron chi connectivity index (χ3n) is 0.680. The summed E-state index contributed by atoms with van der Waals surface area (Å²) in [6.45, 7) is 0. The van der Waals surface area contributed by atoms with Gasteiger partial charge in [-0.3, -0.25) is 0 Å². The van der Waals surface area contributed by atoms with Gasteiger partial charge in [-0.15, -0.1) is 18.1 Å². The van der Waals surface area contributed by atoms with E-state index < -0.39 is 18.6 Å². The summed E-state index contributed by atoms with van der Waals surface area (Å²) < 4.78 is 91.6. The number of alkyl halides is 7. The lowest BCUT2D eigenvalue weighted by atomic mass is 10.6. The van der Waals surface area contributed by atoms with Crippen LogP contribution in [-0.4, -0.2) is 18.6 Å². The van der Waals surface area contributed by atoms with Gasteiger partial charge in [0.05, 0.1) is 0 Å². The molecule has 0 radical (unpaired) electrons. The van der Waals surface area contributed by atoms with Crippen molar-refractivity contribution in [3.05, 3.63) is 0 Å². The summed E-state index contributed by atoms with van der Waals surface area (Å²) in [6.07, 6.45) is -18.2. The van der Waals surface area contributed by atoms with Crippen molar-refractivity contribution < 1.29 is 44.9 Å². The van der Waals surface area contributed by atoms with E-state index in [4.69, 9.17) is 0 Å². The second-order valence-electron chi connectivity index (χ2n) is 1.66. The molecule has 0 rings (SSSR count). The fourth-order valence-corrected chi connectivity index (χ4v) is 0.250. The summed E-state index contributed by atoms with van der Waals surface area (Å²) in [5.41, 5.74) is 0. The SMILES string of the molecule is FOC(F)(F)C(F)(F)OC(F)(F)F. The van der Waals surface area contributed by atoms with Crippen molar-refractivity contribution in [2.45, 2.75) is 18.6 Å². The molecule has 0 aromatic carbocycles. The maximum absolute atomic E-state index is 11.6. The normalized spacial score (nSPS) is 14.8. The van der Waals surface area contributed by atoms with Crippen LogP contribution in [0.5, 0.6) is 0 Å². The molecule has 0 N–H and O–H groups in total. The quantitative estimate of drug-likeness (QED) is 0.680. The minimum atomic E-state index is -6.12. The molecule has 0 saturated heterocycles. The Balaban J connectivity index is 4.58. The van der Waals surface area contributed by atoms with Crippen molar-refractivity contribution in [1.82, 2.24) is 0 Å². The Labute approximate surface area is 64.9 Å². The molecule has 13 heavy (non-hydrogen) atoms. The van der Waals surface area contributed by atoms with Crippen LogP contribution in [0.3, 0.4) is 0 Å². The van der Waals surface area contributed by atoms with Gasteiger partial charge in [0.1, 0.15) is 0 Å². The predicted molar refractivity (Wildman–Crippen MR) is 19.2 cm³/mol. The van der Waals surface area contributed by atoms with Crippen LogP contribution in [0, 0.1) is 0 Å². The minimum absolute atomic E-state index is 1.34. The van der Waals surface area contributed by atoms with Gasteiger partial charge < -0.3 is 0 Å². The molecule has 0 atom stereocenters. The van der Waals surface area contributed by atoms with E-state index in [1.807, 2.05) is 0 Å². The fraction of sp³-hybridized carbons (Fsp3) is 1.00. The first-order valence-corrected chi connectivity index (χ1v) is 2.34. The van der Waals surface area contributed by atoms with E-state index in [1.165, 1.54) is 4.94 Å². The van der Waals surface area contributed by atoms with Crippen molar-refractivity contribution in [3.63, 3.8) is 0 Å². The molecule has 0 aliphatic carbocycles. The van der Waals surface area contributed by atoms with Crippen molar-refractivity contribution >= 4 is 0 Å². The summed E-state index contributed by atoms with van der Waals surface area (Å²) >= 11 is 0. The highest BCUT2D eigenvalue weighted by molar-refractivity contribution is 4.65. The van der Waals surface area contributed by atoms with Crippen molar-refractivity contribution in [2.24, 2.45) is 0 Å². The van der Waals surface area contributed by atoms with E-state index in [1.54, 1.807) is 4.74 Å². The average Bonchev–Trinajstić information content (AvgIpc) is 1.81. The maximum atomic E-state index is 11.6. The molecular formula is C3F8O2. The van der Waals surface area contributed by atoms with Crippen LogP contribution in [0.25, 0.3) is 0 Å². The molecule has 0 aromatic rings. The molecule has 0 aromatic heterocycles. The molecular weight excluding hydrogens is 220 g/mol. The van der Waals surface area contributed by atoms with E-state index in [-0.39, 0.29) is 0 Å². The zero-order chi connectivity index (χ0) is 10.9. The first-order valence-electron chi connectivity index (χ1n) is 2.34. The number of halogens is 8. The van der Waals surface area contributed by atoms with Crippen LogP contribution < -0.4 is 0 Å². The fourth-order valence-electron chi connectivity index (χ4n) is 0.250. The summed E-state index contributed by atoms with van der Waals surface area (Å²) in [4.78, 5) is 1.34. The standard InChI is InChI=1S/C3F8O2/c4-1(5,2(6,7)13-11)12-3(8,9)10. The van der Waals surface area contributed by atoms with Gasteiger partial charge in [-0.05, 0) is 4.53 Å². The van der Waals surface area contributed by atoms with Gasteiger partial charge in [0.15, 0.2) is 0 Å². The summed E-state index contributed by atoms with van der Waals surface area (Å²) in [5.74, 6) is 0. The van der Waals surface area contributed by atoms with Crippen LogP contribution in [0.4, 0.5) is 35.3 Å². The molecule has 0 spiro atoms. The van der Waals surface area contributed by atoms with Crippen LogP contribution in [0.1, 0.15) is 0 Å². The monoisotopic (exact) mass is 220 g/mol. The van der Waals surface area contributed by atoms with E-state index in [0.717, 1.165) is 0 Å². The minimum Gasteiger partial charge on any atom is -0.219 e. The molecule has 0 saturated carbocycles. The summed E-state index contributed by atoms with van der Waals surface area (Å²) in [7, 11) is 0. The van der Waals surface area contributed by atoms with E-state index in [2.05, 4.69) is 0 Å². The molecule has 0 unspecified atom stereocenters. The van der Waals surface area contributed by atoms with Crippen LogP contribution >= 0.6 is 0 Å². The summed E-state index contributed by atoms with van der Waals surface area (Å²) in [6, 6.07) is 0.